The molecule has 3 heteroatoms. The molecule has 0 aliphatic carbocycles. The van der Waals surface area contributed by atoms with Crippen LogP contribution < -0.4 is 0 Å². The average Bonchev–Trinajstić information content (AvgIpc) is 2.42. The first-order valence-electron chi connectivity index (χ1n) is 7.55. The second kappa shape index (κ2) is 8.40. The van der Waals surface area contributed by atoms with Crippen LogP contribution >= 0.6 is 0 Å². The third-order valence-corrected chi connectivity index (χ3v) is 3.27. The van der Waals surface area contributed by atoms with Crippen LogP contribution in [0.25, 0.3) is 5.57 Å². The summed E-state index contributed by atoms with van der Waals surface area (Å²) in [5.74, 6) is 0.621. The molecule has 0 heterocycles. The average molecular weight is 287 g/mol. The third kappa shape index (κ3) is 5.54. The Kier molecular flexibility index (Phi) is 6.86. The lowest BCUT2D eigenvalue weighted by atomic mass is 9.97. The molecule has 0 atom stereocenters. The van der Waals surface area contributed by atoms with Crippen molar-refractivity contribution in [1.82, 2.24) is 0 Å². The molecule has 0 aliphatic rings. The van der Waals surface area contributed by atoms with Gasteiger partial charge in [-0.2, -0.15) is 0 Å². The fourth-order valence-electron chi connectivity index (χ4n) is 2.44. The van der Waals surface area contributed by atoms with Gasteiger partial charge in [0.25, 0.3) is 5.69 Å². The number of allylic oxidation sites excluding steroid dienone is 4. The second-order valence-electron chi connectivity index (χ2n) is 5.83. The lowest BCUT2D eigenvalue weighted by Crippen LogP contribution is -1.95. The van der Waals surface area contributed by atoms with Crippen LogP contribution in [0.4, 0.5) is 5.69 Å². The predicted octanol–water partition coefficient (Wildman–Crippen LogP) is 5.77. The van der Waals surface area contributed by atoms with Crippen LogP contribution in [0, 0.1) is 16.0 Å². The normalized spacial score (nSPS) is 12.8. The first kappa shape index (κ1) is 17.2. The summed E-state index contributed by atoms with van der Waals surface area (Å²) in [6.45, 7) is 8.58. The first-order valence-corrected chi connectivity index (χ1v) is 7.55. The zero-order valence-electron chi connectivity index (χ0n) is 13.4. The Morgan fingerprint density at radius 2 is 1.95 bits per heavy atom. The summed E-state index contributed by atoms with van der Waals surface area (Å²) in [6.07, 6.45) is 7.00. The molecule has 1 aromatic carbocycles. The maximum Gasteiger partial charge on any atom is 0.276 e. The number of nitro benzene ring substituents is 1. The Balaban J connectivity index is 3.15. The number of para-hydroxylation sites is 1. The van der Waals surface area contributed by atoms with Crippen molar-refractivity contribution in [3.8, 4) is 0 Å². The van der Waals surface area contributed by atoms with E-state index in [-0.39, 0.29) is 10.6 Å². The highest BCUT2D eigenvalue weighted by molar-refractivity contribution is 5.73. The Hall–Kier alpha value is -1.90. The largest absolute Gasteiger partial charge is 0.276 e. The molecule has 0 saturated heterocycles. The van der Waals surface area contributed by atoms with Crippen molar-refractivity contribution in [3.05, 3.63) is 57.7 Å². The third-order valence-electron chi connectivity index (χ3n) is 3.27. The maximum absolute atomic E-state index is 11.2. The molecular formula is C18H25NO2. The van der Waals surface area contributed by atoms with Crippen molar-refractivity contribution >= 4 is 11.3 Å². The molecule has 0 saturated carbocycles. The van der Waals surface area contributed by atoms with Gasteiger partial charge in [0.1, 0.15) is 0 Å². The van der Waals surface area contributed by atoms with Crippen molar-refractivity contribution in [1.29, 1.82) is 0 Å². The molecule has 1 rings (SSSR count). The van der Waals surface area contributed by atoms with Crippen molar-refractivity contribution < 1.29 is 4.92 Å². The highest BCUT2D eigenvalue weighted by Crippen LogP contribution is 2.29. The molecule has 0 aromatic heterocycles. The quantitative estimate of drug-likeness (QED) is 0.363. The number of benzene rings is 1. The van der Waals surface area contributed by atoms with Gasteiger partial charge in [-0.15, -0.1) is 0 Å². The molecule has 0 radical (unpaired) electrons. The SMILES string of the molecule is CCC/C(=C\C=C(/C)CC(C)C)c1ccccc1[N+](=O)[O-]. The molecule has 0 aliphatic heterocycles. The van der Waals surface area contributed by atoms with Gasteiger partial charge in [-0.1, -0.05) is 57.0 Å². The maximum atomic E-state index is 11.2. The summed E-state index contributed by atoms with van der Waals surface area (Å²) >= 11 is 0. The molecule has 3 nitrogen and oxygen atoms in total. The Labute approximate surface area is 127 Å². The van der Waals surface area contributed by atoms with E-state index in [0.717, 1.165) is 30.4 Å². The number of nitro groups is 1. The highest BCUT2D eigenvalue weighted by atomic mass is 16.6. The Morgan fingerprint density at radius 1 is 1.29 bits per heavy atom. The van der Waals surface area contributed by atoms with Gasteiger partial charge in [-0.3, -0.25) is 10.1 Å². The van der Waals surface area contributed by atoms with Crippen molar-refractivity contribution in [2.75, 3.05) is 0 Å². The number of hydrogen-bond donors (Lipinski definition) is 0. The van der Waals surface area contributed by atoms with Crippen LogP contribution in [0.5, 0.6) is 0 Å². The molecule has 0 N–H and O–H groups in total. The summed E-state index contributed by atoms with van der Waals surface area (Å²) in [6, 6.07) is 6.98. The molecule has 0 fully saturated rings. The first-order chi connectivity index (χ1) is 9.95. The summed E-state index contributed by atoms with van der Waals surface area (Å²) in [7, 11) is 0. The fourth-order valence-corrected chi connectivity index (χ4v) is 2.44. The van der Waals surface area contributed by atoms with E-state index in [4.69, 9.17) is 0 Å². The molecule has 0 amide bonds. The van der Waals surface area contributed by atoms with Crippen molar-refractivity contribution in [2.24, 2.45) is 5.92 Å². The lowest BCUT2D eigenvalue weighted by Gasteiger charge is -2.08. The van der Waals surface area contributed by atoms with Crippen LogP contribution in [0.2, 0.25) is 0 Å². The Bertz CT molecular complexity index is 542. The smallest absolute Gasteiger partial charge is 0.258 e. The molecule has 0 unspecified atom stereocenters. The fraction of sp³-hybridized carbons (Fsp3) is 0.444. The summed E-state index contributed by atoms with van der Waals surface area (Å²) < 4.78 is 0. The monoisotopic (exact) mass is 287 g/mol. The van der Waals surface area contributed by atoms with E-state index in [1.54, 1.807) is 12.1 Å². The topological polar surface area (TPSA) is 43.1 Å². The van der Waals surface area contributed by atoms with Gasteiger partial charge < -0.3 is 0 Å². The van der Waals surface area contributed by atoms with Crippen LogP contribution in [0.15, 0.2) is 42.0 Å². The van der Waals surface area contributed by atoms with E-state index in [2.05, 4.69) is 33.8 Å². The van der Waals surface area contributed by atoms with Crippen molar-refractivity contribution in [2.45, 2.75) is 47.0 Å². The van der Waals surface area contributed by atoms with E-state index in [1.165, 1.54) is 5.57 Å². The molecule has 114 valence electrons. The molecular weight excluding hydrogens is 262 g/mol. The summed E-state index contributed by atoms with van der Waals surface area (Å²) in [5, 5.41) is 11.2. The van der Waals surface area contributed by atoms with E-state index in [1.807, 2.05) is 18.2 Å². The van der Waals surface area contributed by atoms with Crippen LogP contribution in [-0.4, -0.2) is 4.92 Å². The minimum atomic E-state index is -0.302. The molecule has 1 aromatic rings. The zero-order chi connectivity index (χ0) is 15.8. The van der Waals surface area contributed by atoms with E-state index in [0.29, 0.717) is 5.92 Å². The van der Waals surface area contributed by atoms with Crippen LogP contribution in [0.1, 0.15) is 52.5 Å². The summed E-state index contributed by atoms with van der Waals surface area (Å²) in [4.78, 5) is 10.9. The van der Waals surface area contributed by atoms with Crippen LogP contribution in [-0.2, 0) is 0 Å². The van der Waals surface area contributed by atoms with Gasteiger partial charge in [0.05, 0.1) is 10.5 Å². The van der Waals surface area contributed by atoms with E-state index in [9.17, 15) is 10.1 Å². The highest BCUT2D eigenvalue weighted by Gasteiger charge is 2.15. The second-order valence-corrected chi connectivity index (χ2v) is 5.83. The van der Waals surface area contributed by atoms with Crippen LogP contribution in [0.3, 0.4) is 0 Å². The number of nitrogens with zero attached hydrogens (tertiary/aromatic N) is 1. The Morgan fingerprint density at radius 3 is 2.52 bits per heavy atom. The number of rotatable bonds is 7. The number of hydrogen-bond acceptors (Lipinski definition) is 2. The molecule has 0 spiro atoms. The minimum absolute atomic E-state index is 0.187. The zero-order valence-corrected chi connectivity index (χ0v) is 13.4. The molecule has 21 heavy (non-hydrogen) atoms. The van der Waals surface area contributed by atoms with E-state index >= 15 is 0 Å². The predicted molar refractivity (Wildman–Crippen MR) is 89.2 cm³/mol. The summed E-state index contributed by atoms with van der Waals surface area (Å²) in [5.41, 5.74) is 3.26. The van der Waals surface area contributed by atoms with Gasteiger partial charge in [0.15, 0.2) is 0 Å². The van der Waals surface area contributed by atoms with Gasteiger partial charge in [0, 0.05) is 6.07 Å². The van der Waals surface area contributed by atoms with Crippen molar-refractivity contribution in [3.63, 3.8) is 0 Å². The van der Waals surface area contributed by atoms with E-state index < -0.39 is 0 Å². The minimum Gasteiger partial charge on any atom is -0.258 e. The molecule has 0 bridgehead atoms. The lowest BCUT2D eigenvalue weighted by molar-refractivity contribution is -0.385. The van der Waals surface area contributed by atoms with Gasteiger partial charge >= 0.3 is 0 Å². The van der Waals surface area contributed by atoms with Gasteiger partial charge in [-0.25, -0.2) is 0 Å². The van der Waals surface area contributed by atoms with Gasteiger partial charge in [-0.05, 0) is 37.3 Å². The standard InChI is InChI=1S/C18H25NO2/c1-5-8-16(12-11-15(4)13-14(2)3)17-9-6-7-10-18(17)19(20)21/h6-7,9-12,14H,5,8,13H2,1-4H3/b15-11+,16-12+. The van der Waals surface area contributed by atoms with Gasteiger partial charge in [0.2, 0.25) is 0 Å².